The summed E-state index contributed by atoms with van der Waals surface area (Å²) in [6.45, 7) is 9.81. The topological polar surface area (TPSA) is 26.3 Å². The predicted molar refractivity (Wildman–Crippen MR) is 40.6 cm³/mol. The second-order valence-electron chi connectivity index (χ2n) is 2.38. The zero-order valence-corrected chi connectivity index (χ0v) is 6.59. The van der Waals surface area contributed by atoms with Gasteiger partial charge in [-0.25, -0.2) is 0 Å². The van der Waals surface area contributed by atoms with Crippen molar-refractivity contribution in [3.63, 3.8) is 0 Å². The van der Waals surface area contributed by atoms with Gasteiger partial charge in [0.2, 0.25) is 0 Å². The number of hydrogen-bond acceptors (Lipinski definition) is 2. The smallest absolute Gasteiger partial charge is 0.309 e. The van der Waals surface area contributed by atoms with E-state index in [2.05, 4.69) is 13.2 Å². The zero-order chi connectivity index (χ0) is 8.15. The molecule has 1 aliphatic rings. The lowest BCUT2D eigenvalue weighted by molar-refractivity contribution is -0.143. The molecule has 2 atom stereocenters. The van der Waals surface area contributed by atoms with Gasteiger partial charge in [-0.1, -0.05) is 6.92 Å². The molecule has 58 valence electrons. The molecule has 0 spiro atoms. The van der Waals surface area contributed by atoms with Gasteiger partial charge in [-0.2, -0.15) is 0 Å². The third-order valence-corrected chi connectivity index (χ3v) is 1.41. The first kappa shape index (κ1) is 9.21. The van der Waals surface area contributed by atoms with Crippen LogP contribution in [0.4, 0.5) is 0 Å². The van der Waals surface area contributed by atoms with E-state index in [0.717, 1.165) is 6.42 Å². The molecular weight excluding hydrogens is 128 g/mol. The number of carbonyl (C=O) groups is 1. The highest BCUT2D eigenvalue weighted by molar-refractivity contribution is 5.73. The molecule has 0 aromatic rings. The van der Waals surface area contributed by atoms with E-state index in [9.17, 15) is 4.79 Å². The van der Waals surface area contributed by atoms with Crippen LogP contribution in [0.1, 0.15) is 20.3 Å². The van der Waals surface area contributed by atoms with Crippen LogP contribution in [0.5, 0.6) is 0 Å². The lowest BCUT2D eigenvalue weighted by Crippen LogP contribution is -2.02. The van der Waals surface area contributed by atoms with Crippen LogP contribution < -0.4 is 0 Å². The Morgan fingerprint density at radius 3 is 2.10 bits per heavy atom. The van der Waals surface area contributed by atoms with Gasteiger partial charge in [0, 0.05) is 0 Å². The number of carbonyl (C=O) groups excluding carboxylic acids is 1. The molecule has 0 aromatic heterocycles. The van der Waals surface area contributed by atoms with Crippen LogP contribution in [0.15, 0.2) is 13.2 Å². The van der Waals surface area contributed by atoms with Crippen molar-refractivity contribution < 1.29 is 9.53 Å². The maximum Gasteiger partial charge on any atom is 0.309 e. The van der Waals surface area contributed by atoms with E-state index in [1.807, 2.05) is 13.8 Å². The van der Waals surface area contributed by atoms with Crippen molar-refractivity contribution in [2.24, 2.45) is 5.92 Å². The van der Waals surface area contributed by atoms with Gasteiger partial charge < -0.3 is 4.74 Å². The van der Waals surface area contributed by atoms with Crippen molar-refractivity contribution in [3.05, 3.63) is 13.2 Å². The third kappa shape index (κ3) is 2.21. The Balaban J connectivity index is 0.000000371. The highest BCUT2D eigenvalue weighted by atomic mass is 16.5. The summed E-state index contributed by atoms with van der Waals surface area (Å²) in [5.74, 6) is 0.0856. The monoisotopic (exact) mass is 142 g/mol. The minimum absolute atomic E-state index is 0.0440. The molecule has 0 amide bonds. The number of cyclic esters (lactones) is 1. The SMILES string of the molecule is C=C.CC1CC(C)C(=O)O1. The van der Waals surface area contributed by atoms with Crippen molar-refractivity contribution >= 4 is 5.97 Å². The fourth-order valence-electron chi connectivity index (χ4n) is 0.957. The molecular formula is C8H14O2. The first-order valence-corrected chi connectivity index (χ1v) is 3.40. The standard InChI is InChI=1S/C6H10O2.C2H4/c1-4-3-5(2)8-6(4)7;1-2/h4-5H,3H2,1-2H3;1-2H2. The second kappa shape index (κ2) is 4.09. The lowest BCUT2D eigenvalue weighted by Gasteiger charge is -1.95. The molecule has 0 aromatic carbocycles. The van der Waals surface area contributed by atoms with Crippen molar-refractivity contribution in [1.82, 2.24) is 0 Å². The first-order chi connectivity index (χ1) is 4.70. The first-order valence-electron chi connectivity index (χ1n) is 3.40. The summed E-state index contributed by atoms with van der Waals surface area (Å²) < 4.78 is 4.83. The summed E-state index contributed by atoms with van der Waals surface area (Å²) >= 11 is 0. The van der Waals surface area contributed by atoms with Gasteiger partial charge in [0.1, 0.15) is 0 Å². The Hall–Kier alpha value is -0.790. The van der Waals surface area contributed by atoms with Crippen LogP contribution in [0.3, 0.4) is 0 Å². The highest BCUT2D eigenvalue weighted by Crippen LogP contribution is 2.18. The predicted octanol–water partition coefficient (Wildman–Crippen LogP) is 1.76. The van der Waals surface area contributed by atoms with E-state index in [0.29, 0.717) is 0 Å². The largest absolute Gasteiger partial charge is 0.462 e. The Morgan fingerprint density at radius 2 is 2.00 bits per heavy atom. The van der Waals surface area contributed by atoms with E-state index in [1.165, 1.54) is 0 Å². The molecule has 1 heterocycles. The fourth-order valence-corrected chi connectivity index (χ4v) is 0.957. The highest BCUT2D eigenvalue weighted by Gasteiger charge is 2.27. The van der Waals surface area contributed by atoms with Crippen molar-refractivity contribution in [2.45, 2.75) is 26.4 Å². The third-order valence-electron chi connectivity index (χ3n) is 1.41. The van der Waals surface area contributed by atoms with Gasteiger partial charge in [-0.15, -0.1) is 13.2 Å². The molecule has 10 heavy (non-hydrogen) atoms. The van der Waals surface area contributed by atoms with Crippen LogP contribution in [-0.4, -0.2) is 12.1 Å². The van der Waals surface area contributed by atoms with Crippen molar-refractivity contribution in [3.8, 4) is 0 Å². The average Bonchev–Trinajstić information content (AvgIpc) is 2.16. The molecule has 2 unspecified atom stereocenters. The van der Waals surface area contributed by atoms with Crippen LogP contribution in [0.25, 0.3) is 0 Å². The summed E-state index contributed by atoms with van der Waals surface area (Å²) in [7, 11) is 0. The van der Waals surface area contributed by atoms with Gasteiger partial charge >= 0.3 is 5.97 Å². The molecule has 1 fully saturated rings. The molecule has 2 heteroatoms. The van der Waals surface area contributed by atoms with E-state index < -0.39 is 0 Å². The van der Waals surface area contributed by atoms with Crippen LogP contribution in [-0.2, 0) is 9.53 Å². The minimum Gasteiger partial charge on any atom is -0.462 e. The zero-order valence-electron chi connectivity index (χ0n) is 6.59. The summed E-state index contributed by atoms with van der Waals surface area (Å²) in [6, 6.07) is 0. The fraction of sp³-hybridized carbons (Fsp3) is 0.625. The molecule has 0 radical (unpaired) electrons. The summed E-state index contributed by atoms with van der Waals surface area (Å²) in [6.07, 6.45) is 1.04. The molecule has 0 aliphatic carbocycles. The van der Waals surface area contributed by atoms with Crippen LogP contribution in [0.2, 0.25) is 0 Å². The molecule has 0 N–H and O–H groups in total. The summed E-state index contributed by atoms with van der Waals surface area (Å²) in [5.41, 5.74) is 0. The Kier molecular flexibility index (Phi) is 3.77. The summed E-state index contributed by atoms with van der Waals surface area (Å²) in [5, 5.41) is 0. The van der Waals surface area contributed by atoms with Gasteiger partial charge in [0.25, 0.3) is 0 Å². The molecule has 1 aliphatic heterocycles. The quantitative estimate of drug-likeness (QED) is 0.380. The van der Waals surface area contributed by atoms with Crippen molar-refractivity contribution in [2.75, 3.05) is 0 Å². The maximum atomic E-state index is 10.6. The Labute approximate surface area is 61.9 Å². The molecule has 2 nitrogen and oxygen atoms in total. The van der Waals surface area contributed by atoms with Gasteiger partial charge in [0.05, 0.1) is 12.0 Å². The molecule has 0 bridgehead atoms. The van der Waals surface area contributed by atoms with Crippen LogP contribution in [0, 0.1) is 5.92 Å². The number of rotatable bonds is 0. The molecule has 1 rings (SSSR count). The van der Waals surface area contributed by atoms with E-state index in [4.69, 9.17) is 4.74 Å². The van der Waals surface area contributed by atoms with Gasteiger partial charge in [-0.05, 0) is 13.3 Å². The minimum atomic E-state index is -0.0440. The van der Waals surface area contributed by atoms with E-state index >= 15 is 0 Å². The number of hydrogen-bond donors (Lipinski definition) is 0. The average molecular weight is 142 g/mol. The van der Waals surface area contributed by atoms with Crippen LogP contribution >= 0.6 is 0 Å². The number of ether oxygens (including phenoxy) is 1. The van der Waals surface area contributed by atoms with Gasteiger partial charge in [-0.3, -0.25) is 4.79 Å². The molecule has 1 saturated heterocycles. The lowest BCUT2D eigenvalue weighted by atomic mass is 10.1. The van der Waals surface area contributed by atoms with Crippen molar-refractivity contribution in [1.29, 1.82) is 0 Å². The number of esters is 1. The normalized spacial score (nSPS) is 30.4. The van der Waals surface area contributed by atoms with Gasteiger partial charge in [0.15, 0.2) is 0 Å². The van der Waals surface area contributed by atoms with E-state index in [-0.39, 0.29) is 18.0 Å². The Morgan fingerprint density at radius 1 is 1.50 bits per heavy atom. The Bertz CT molecular complexity index is 120. The summed E-state index contributed by atoms with van der Waals surface area (Å²) in [4.78, 5) is 10.6. The second-order valence-corrected chi connectivity index (χ2v) is 2.38. The maximum absolute atomic E-state index is 10.6. The van der Waals surface area contributed by atoms with E-state index in [1.54, 1.807) is 0 Å². The molecule has 0 saturated carbocycles.